The number of rotatable bonds is 4. The molecule has 1 fully saturated rings. The number of hydrogen-bond acceptors (Lipinski definition) is 5. The fourth-order valence-corrected chi connectivity index (χ4v) is 3.06. The average Bonchev–Trinajstić information content (AvgIpc) is 2.72. The number of carbonyl (C=O) groups excluding carboxylic acids is 2. The molecule has 8 nitrogen and oxygen atoms in total. The summed E-state index contributed by atoms with van der Waals surface area (Å²) in [5.74, 6) is -1.07. The molecule has 0 saturated carbocycles. The first kappa shape index (κ1) is 19.3. The molecule has 1 aliphatic heterocycles. The summed E-state index contributed by atoms with van der Waals surface area (Å²) in [6.45, 7) is 1.14. The SMILES string of the molecule is COc1ccc(C(=O)N2CCN(C(=O)c3cccc(F)c3)CC2)cc1[N+](=O)[O-]. The maximum atomic E-state index is 13.3. The summed E-state index contributed by atoms with van der Waals surface area (Å²) >= 11 is 0. The van der Waals surface area contributed by atoms with Crippen LogP contribution in [0.5, 0.6) is 5.75 Å². The quantitative estimate of drug-likeness (QED) is 0.593. The van der Waals surface area contributed by atoms with E-state index in [0.717, 1.165) is 0 Å². The lowest BCUT2D eigenvalue weighted by atomic mass is 10.1. The summed E-state index contributed by atoms with van der Waals surface area (Å²) in [5.41, 5.74) is 0.149. The molecule has 28 heavy (non-hydrogen) atoms. The van der Waals surface area contributed by atoms with Gasteiger partial charge in [0.1, 0.15) is 5.82 Å². The first-order valence-corrected chi connectivity index (χ1v) is 8.57. The molecule has 2 aromatic carbocycles. The van der Waals surface area contributed by atoms with Crippen molar-refractivity contribution < 1.29 is 23.6 Å². The summed E-state index contributed by atoms with van der Waals surface area (Å²) in [6, 6.07) is 9.50. The molecule has 0 atom stereocenters. The fourth-order valence-electron chi connectivity index (χ4n) is 3.06. The number of halogens is 1. The third-order valence-electron chi connectivity index (χ3n) is 4.55. The topological polar surface area (TPSA) is 93.0 Å². The monoisotopic (exact) mass is 387 g/mol. The Labute approximate surface area is 160 Å². The van der Waals surface area contributed by atoms with Gasteiger partial charge in [-0.3, -0.25) is 19.7 Å². The predicted octanol–water partition coefficient (Wildman–Crippen LogP) is 2.34. The summed E-state index contributed by atoms with van der Waals surface area (Å²) in [5, 5.41) is 11.1. The van der Waals surface area contributed by atoms with E-state index in [-0.39, 0.29) is 47.5 Å². The second-order valence-corrected chi connectivity index (χ2v) is 6.24. The van der Waals surface area contributed by atoms with Gasteiger partial charge in [0.2, 0.25) is 0 Å². The van der Waals surface area contributed by atoms with Gasteiger partial charge in [0.05, 0.1) is 12.0 Å². The van der Waals surface area contributed by atoms with Crippen molar-refractivity contribution in [2.75, 3.05) is 33.3 Å². The highest BCUT2D eigenvalue weighted by atomic mass is 19.1. The van der Waals surface area contributed by atoms with Gasteiger partial charge in [-0.25, -0.2) is 4.39 Å². The zero-order valence-corrected chi connectivity index (χ0v) is 15.1. The number of amides is 2. The van der Waals surface area contributed by atoms with Crippen LogP contribution in [0.15, 0.2) is 42.5 Å². The molecule has 0 unspecified atom stereocenters. The number of ether oxygens (including phenoxy) is 1. The molecule has 0 bridgehead atoms. The molecule has 1 heterocycles. The van der Waals surface area contributed by atoms with E-state index in [1.165, 1.54) is 48.4 Å². The van der Waals surface area contributed by atoms with Crippen LogP contribution in [0.4, 0.5) is 10.1 Å². The fraction of sp³-hybridized carbons (Fsp3) is 0.263. The van der Waals surface area contributed by atoms with Crippen LogP contribution in [0, 0.1) is 15.9 Å². The highest BCUT2D eigenvalue weighted by Gasteiger charge is 2.27. The van der Waals surface area contributed by atoms with Crippen molar-refractivity contribution in [1.29, 1.82) is 0 Å². The molecule has 2 aromatic rings. The molecule has 0 radical (unpaired) electrons. The van der Waals surface area contributed by atoms with Crippen LogP contribution in [-0.4, -0.2) is 59.8 Å². The minimum absolute atomic E-state index is 0.0760. The molecular formula is C19H18FN3O5. The molecule has 0 aromatic heterocycles. The van der Waals surface area contributed by atoms with Gasteiger partial charge < -0.3 is 14.5 Å². The van der Waals surface area contributed by atoms with E-state index in [4.69, 9.17) is 4.74 Å². The Balaban J connectivity index is 1.68. The van der Waals surface area contributed by atoms with Crippen LogP contribution >= 0.6 is 0 Å². The van der Waals surface area contributed by atoms with E-state index in [0.29, 0.717) is 13.1 Å². The molecule has 3 rings (SSSR count). The van der Waals surface area contributed by atoms with E-state index in [2.05, 4.69) is 0 Å². The average molecular weight is 387 g/mol. The Morgan fingerprint density at radius 2 is 1.57 bits per heavy atom. The number of benzene rings is 2. The molecule has 0 N–H and O–H groups in total. The lowest BCUT2D eigenvalue weighted by Gasteiger charge is -2.34. The van der Waals surface area contributed by atoms with Crippen molar-refractivity contribution in [3.05, 3.63) is 69.5 Å². The third-order valence-corrected chi connectivity index (χ3v) is 4.55. The number of carbonyl (C=O) groups is 2. The smallest absolute Gasteiger partial charge is 0.311 e. The van der Waals surface area contributed by atoms with E-state index < -0.39 is 10.7 Å². The van der Waals surface area contributed by atoms with Crippen molar-refractivity contribution in [2.24, 2.45) is 0 Å². The third kappa shape index (κ3) is 3.93. The van der Waals surface area contributed by atoms with Gasteiger partial charge in [0.25, 0.3) is 11.8 Å². The molecule has 1 aliphatic rings. The van der Waals surface area contributed by atoms with Crippen LogP contribution in [0.3, 0.4) is 0 Å². The molecule has 9 heteroatoms. The molecule has 2 amide bonds. The standard InChI is InChI=1S/C19H18FN3O5/c1-28-17-6-5-14(12-16(17)23(26)27)19(25)22-9-7-21(8-10-22)18(24)13-3-2-4-15(20)11-13/h2-6,11-12H,7-10H2,1H3. The Morgan fingerprint density at radius 1 is 1.00 bits per heavy atom. The predicted molar refractivity (Wildman–Crippen MR) is 97.9 cm³/mol. The minimum Gasteiger partial charge on any atom is -0.490 e. The second-order valence-electron chi connectivity index (χ2n) is 6.24. The highest BCUT2D eigenvalue weighted by molar-refractivity contribution is 5.96. The molecule has 0 aliphatic carbocycles. The van der Waals surface area contributed by atoms with Crippen LogP contribution in [0.2, 0.25) is 0 Å². The Morgan fingerprint density at radius 3 is 2.07 bits per heavy atom. The lowest BCUT2D eigenvalue weighted by Crippen LogP contribution is -2.50. The van der Waals surface area contributed by atoms with Crippen LogP contribution in [0.25, 0.3) is 0 Å². The van der Waals surface area contributed by atoms with Crippen molar-refractivity contribution >= 4 is 17.5 Å². The summed E-state index contributed by atoms with van der Waals surface area (Å²) in [4.78, 5) is 38.7. The normalized spacial score (nSPS) is 13.9. The first-order chi connectivity index (χ1) is 13.4. The number of nitro benzene ring substituents is 1. The van der Waals surface area contributed by atoms with Crippen LogP contribution in [0.1, 0.15) is 20.7 Å². The van der Waals surface area contributed by atoms with Crippen LogP contribution in [-0.2, 0) is 0 Å². The zero-order chi connectivity index (χ0) is 20.3. The second kappa shape index (κ2) is 8.03. The maximum Gasteiger partial charge on any atom is 0.311 e. The van der Waals surface area contributed by atoms with Crippen molar-refractivity contribution in [3.8, 4) is 5.75 Å². The van der Waals surface area contributed by atoms with E-state index in [1.54, 1.807) is 11.0 Å². The lowest BCUT2D eigenvalue weighted by molar-refractivity contribution is -0.385. The Kier molecular flexibility index (Phi) is 5.53. The van der Waals surface area contributed by atoms with E-state index >= 15 is 0 Å². The van der Waals surface area contributed by atoms with Gasteiger partial charge in [-0.1, -0.05) is 6.07 Å². The van der Waals surface area contributed by atoms with E-state index in [1.807, 2.05) is 0 Å². The molecule has 146 valence electrons. The molecule has 1 saturated heterocycles. The first-order valence-electron chi connectivity index (χ1n) is 8.57. The van der Waals surface area contributed by atoms with Gasteiger partial charge >= 0.3 is 5.69 Å². The highest BCUT2D eigenvalue weighted by Crippen LogP contribution is 2.28. The van der Waals surface area contributed by atoms with Crippen molar-refractivity contribution in [3.63, 3.8) is 0 Å². The number of hydrogen-bond donors (Lipinski definition) is 0. The number of nitro groups is 1. The van der Waals surface area contributed by atoms with Crippen LogP contribution < -0.4 is 4.74 Å². The van der Waals surface area contributed by atoms with Gasteiger partial charge in [0, 0.05) is 43.4 Å². The Bertz CT molecular complexity index is 926. The summed E-state index contributed by atoms with van der Waals surface area (Å²) < 4.78 is 18.3. The summed E-state index contributed by atoms with van der Waals surface area (Å²) in [6.07, 6.45) is 0. The van der Waals surface area contributed by atoms with Gasteiger partial charge in [-0.15, -0.1) is 0 Å². The largest absolute Gasteiger partial charge is 0.490 e. The zero-order valence-electron chi connectivity index (χ0n) is 15.1. The Hall–Kier alpha value is -3.49. The molecular weight excluding hydrogens is 369 g/mol. The van der Waals surface area contributed by atoms with Crippen molar-refractivity contribution in [1.82, 2.24) is 9.80 Å². The maximum absolute atomic E-state index is 13.3. The van der Waals surface area contributed by atoms with Gasteiger partial charge in [0.15, 0.2) is 5.75 Å². The number of nitrogens with zero attached hydrogens (tertiary/aromatic N) is 3. The number of methoxy groups -OCH3 is 1. The van der Waals surface area contributed by atoms with Gasteiger partial charge in [-0.2, -0.15) is 0 Å². The molecule has 0 spiro atoms. The van der Waals surface area contributed by atoms with Gasteiger partial charge in [-0.05, 0) is 30.3 Å². The summed E-state index contributed by atoms with van der Waals surface area (Å²) in [7, 11) is 1.32. The number of piperazine rings is 1. The minimum atomic E-state index is -0.606. The van der Waals surface area contributed by atoms with E-state index in [9.17, 15) is 24.1 Å². The van der Waals surface area contributed by atoms with Crippen molar-refractivity contribution in [2.45, 2.75) is 0 Å².